The fraction of sp³-hybridized carbons (Fsp3) is 0.556. The molecule has 4 nitrogen and oxygen atoms in total. The van der Waals surface area contributed by atoms with E-state index in [9.17, 15) is 4.79 Å². The van der Waals surface area contributed by atoms with Crippen LogP contribution in [-0.2, 0) is 4.74 Å². The molecular formula is C9H12N2O2S. The zero-order valence-electron chi connectivity index (χ0n) is 7.97. The molecule has 0 bridgehead atoms. The first kappa shape index (κ1) is 9.61. The van der Waals surface area contributed by atoms with Gasteiger partial charge >= 0.3 is 0 Å². The van der Waals surface area contributed by atoms with Crippen LogP contribution in [0.1, 0.15) is 16.1 Å². The van der Waals surface area contributed by atoms with Gasteiger partial charge in [-0.05, 0) is 6.42 Å². The van der Waals surface area contributed by atoms with Gasteiger partial charge in [-0.2, -0.15) is 0 Å². The summed E-state index contributed by atoms with van der Waals surface area (Å²) in [6.07, 6.45) is 2.75. The molecule has 0 saturated carbocycles. The first-order chi connectivity index (χ1) is 6.81. The molecular weight excluding hydrogens is 200 g/mol. The monoisotopic (exact) mass is 212 g/mol. The van der Waals surface area contributed by atoms with Crippen LogP contribution in [0.2, 0.25) is 0 Å². The summed E-state index contributed by atoms with van der Waals surface area (Å²) < 4.78 is 5.20. The summed E-state index contributed by atoms with van der Waals surface area (Å²) in [7, 11) is 1.69. The fourth-order valence-corrected chi connectivity index (χ4v) is 2.17. The molecule has 0 unspecified atom stereocenters. The van der Waals surface area contributed by atoms with E-state index in [1.54, 1.807) is 18.8 Å². The zero-order chi connectivity index (χ0) is 9.97. The third-order valence-corrected chi connectivity index (χ3v) is 3.17. The second-order valence-corrected chi connectivity index (χ2v) is 4.15. The SMILES string of the molecule is CO[C@H]1CCN(C(=O)c2cncs2)C1. The van der Waals surface area contributed by atoms with Gasteiger partial charge in [0.2, 0.25) is 0 Å². The first-order valence-corrected chi connectivity index (χ1v) is 5.40. The molecule has 1 aliphatic heterocycles. The number of rotatable bonds is 2. The number of methoxy groups -OCH3 is 1. The lowest BCUT2D eigenvalue weighted by Crippen LogP contribution is -2.29. The normalized spacial score (nSPS) is 21.5. The number of ether oxygens (including phenoxy) is 1. The lowest BCUT2D eigenvalue weighted by Gasteiger charge is -2.14. The molecule has 0 N–H and O–H groups in total. The molecule has 1 amide bonds. The smallest absolute Gasteiger partial charge is 0.265 e. The number of carbonyl (C=O) groups excluding carboxylic acids is 1. The van der Waals surface area contributed by atoms with E-state index in [0.717, 1.165) is 13.0 Å². The summed E-state index contributed by atoms with van der Waals surface area (Å²) >= 11 is 1.38. The standard InChI is InChI=1S/C9H12N2O2S/c1-13-7-2-3-11(5-7)9(12)8-4-10-6-14-8/h4,6-7H,2-3,5H2,1H3/t7-/m0/s1. The van der Waals surface area contributed by atoms with Crippen molar-refractivity contribution in [3.63, 3.8) is 0 Å². The van der Waals surface area contributed by atoms with Crippen LogP contribution in [-0.4, -0.2) is 42.1 Å². The highest BCUT2D eigenvalue weighted by Crippen LogP contribution is 2.17. The molecule has 5 heteroatoms. The van der Waals surface area contributed by atoms with E-state index in [4.69, 9.17) is 4.74 Å². The van der Waals surface area contributed by atoms with E-state index in [2.05, 4.69) is 4.98 Å². The molecule has 1 aliphatic rings. The van der Waals surface area contributed by atoms with Crippen LogP contribution in [0, 0.1) is 0 Å². The van der Waals surface area contributed by atoms with Gasteiger partial charge in [-0.3, -0.25) is 9.78 Å². The largest absolute Gasteiger partial charge is 0.380 e. The van der Waals surface area contributed by atoms with Crippen LogP contribution in [0.4, 0.5) is 0 Å². The maximum atomic E-state index is 11.8. The highest BCUT2D eigenvalue weighted by molar-refractivity contribution is 7.11. The van der Waals surface area contributed by atoms with Crippen molar-refractivity contribution in [2.45, 2.75) is 12.5 Å². The predicted molar refractivity (Wildman–Crippen MR) is 53.4 cm³/mol. The second kappa shape index (κ2) is 4.06. The number of likely N-dealkylation sites (tertiary alicyclic amines) is 1. The number of hydrogen-bond donors (Lipinski definition) is 0. The molecule has 1 aromatic heterocycles. The van der Waals surface area contributed by atoms with Crippen molar-refractivity contribution in [2.75, 3.05) is 20.2 Å². The predicted octanol–water partition coefficient (Wildman–Crippen LogP) is 1.00. The van der Waals surface area contributed by atoms with E-state index in [0.29, 0.717) is 11.4 Å². The average Bonchev–Trinajstić information content (AvgIpc) is 2.88. The van der Waals surface area contributed by atoms with Gasteiger partial charge in [0.15, 0.2) is 0 Å². The van der Waals surface area contributed by atoms with E-state index >= 15 is 0 Å². The number of thiazole rings is 1. The molecule has 1 atom stereocenters. The molecule has 0 aliphatic carbocycles. The quantitative estimate of drug-likeness (QED) is 0.734. The minimum absolute atomic E-state index is 0.0760. The molecule has 76 valence electrons. The van der Waals surface area contributed by atoms with E-state index in [-0.39, 0.29) is 12.0 Å². The molecule has 2 heterocycles. The number of amides is 1. The molecule has 1 aromatic rings. The summed E-state index contributed by atoms with van der Waals surface area (Å²) in [5.41, 5.74) is 1.68. The summed E-state index contributed by atoms with van der Waals surface area (Å²) in [5.74, 6) is 0.0760. The van der Waals surface area contributed by atoms with Crippen LogP contribution < -0.4 is 0 Å². The highest BCUT2D eigenvalue weighted by atomic mass is 32.1. The van der Waals surface area contributed by atoms with Crippen LogP contribution in [0.3, 0.4) is 0 Å². The van der Waals surface area contributed by atoms with Gasteiger partial charge in [0.05, 0.1) is 17.8 Å². The Labute approximate surface area is 86.5 Å². The minimum Gasteiger partial charge on any atom is -0.380 e. The topological polar surface area (TPSA) is 42.4 Å². The highest BCUT2D eigenvalue weighted by Gasteiger charge is 2.27. The van der Waals surface area contributed by atoms with Crippen molar-refractivity contribution >= 4 is 17.2 Å². The van der Waals surface area contributed by atoms with Gasteiger partial charge in [0, 0.05) is 20.2 Å². The molecule has 0 aromatic carbocycles. The third-order valence-electron chi connectivity index (χ3n) is 2.41. The van der Waals surface area contributed by atoms with Gasteiger partial charge in [0.1, 0.15) is 4.88 Å². The van der Waals surface area contributed by atoms with E-state index < -0.39 is 0 Å². The number of nitrogens with zero attached hydrogens (tertiary/aromatic N) is 2. The van der Waals surface area contributed by atoms with Crippen LogP contribution >= 0.6 is 11.3 Å². The molecule has 14 heavy (non-hydrogen) atoms. The van der Waals surface area contributed by atoms with Crippen molar-refractivity contribution in [2.24, 2.45) is 0 Å². The summed E-state index contributed by atoms with van der Waals surface area (Å²) in [6.45, 7) is 1.49. The van der Waals surface area contributed by atoms with Crippen LogP contribution in [0.5, 0.6) is 0 Å². The average molecular weight is 212 g/mol. The van der Waals surface area contributed by atoms with Crippen molar-refractivity contribution in [3.05, 3.63) is 16.6 Å². The minimum atomic E-state index is 0.0760. The second-order valence-electron chi connectivity index (χ2n) is 3.26. The number of carbonyl (C=O) groups is 1. The Morgan fingerprint density at radius 2 is 2.64 bits per heavy atom. The molecule has 1 saturated heterocycles. The summed E-state index contributed by atoms with van der Waals surface area (Å²) in [5, 5.41) is 0. The van der Waals surface area contributed by atoms with Gasteiger partial charge in [0.25, 0.3) is 5.91 Å². The van der Waals surface area contributed by atoms with Crippen LogP contribution in [0.25, 0.3) is 0 Å². The van der Waals surface area contributed by atoms with Gasteiger partial charge in [-0.1, -0.05) is 0 Å². The molecule has 2 rings (SSSR count). The first-order valence-electron chi connectivity index (χ1n) is 4.52. The Morgan fingerprint density at radius 1 is 1.79 bits per heavy atom. The fourth-order valence-electron chi connectivity index (χ4n) is 1.58. The van der Waals surface area contributed by atoms with Crippen molar-refractivity contribution < 1.29 is 9.53 Å². The van der Waals surface area contributed by atoms with Crippen molar-refractivity contribution in [1.29, 1.82) is 0 Å². The Bertz CT molecular complexity index is 313. The lowest BCUT2D eigenvalue weighted by atomic mass is 10.3. The van der Waals surface area contributed by atoms with Gasteiger partial charge in [-0.15, -0.1) is 11.3 Å². The van der Waals surface area contributed by atoms with E-state index in [1.807, 2.05) is 4.90 Å². The Hall–Kier alpha value is -0.940. The lowest BCUT2D eigenvalue weighted by molar-refractivity contribution is 0.0728. The van der Waals surface area contributed by atoms with Gasteiger partial charge in [-0.25, -0.2) is 0 Å². The van der Waals surface area contributed by atoms with Crippen molar-refractivity contribution in [3.8, 4) is 0 Å². The number of hydrogen-bond acceptors (Lipinski definition) is 4. The Balaban J connectivity index is 2.00. The molecule has 1 fully saturated rings. The molecule has 0 radical (unpaired) electrons. The Morgan fingerprint density at radius 3 is 3.21 bits per heavy atom. The van der Waals surface area contributed by atoms with Crippen molar-refractivity contribution in [1.82, 2.24) is 9.88 Å². The van der Waals surface area contributed by atoms with Gasteiger partial charge < -0.3 is 9.64 Å². The summed E-state index contributed by atoms with van der Waals surface area (Å²) in [6, 6.07) is 0. The van der Waals surface area contributed by atoms with Crippen LogP contribution in [0.15, 0.2) is 11.7 Å². The third kappa shape index (κ3) is 1.78. The Kier molecular flexibility index (Phi) is 2.79. The maximum Gasteiger partial charge on any atom is 0.265 e. The summed E-state index contributed by atoms with van der Waals surface area (Å²) in [4.78, 5) is 18.2. The van der Waals surface area contributed by atoms with E-state index in [1.165, 1.54) is 11.3 Å². The molecule has 0 spiro atoms. The number of aromatic nitrogens is 1. The maximum absolute atomic E-state index is 11.8. The zero-order valence-corrected chi connectivity index (χ0v) is 8.79.